The quantitative estimate of drug-likeness (QED) is 0.341. The van der Waals surface area contributed by atoms with Crippen LogP contribution in [0.5, 0.6) is 11.6 Å². The van der Waals surface area contributed by atoms with Gasteiger partial charge in [0.25, 0.3) is 0 Å². The van der Waals surface area contributed by atoms with Gasteiger partial charge in [0.15, 0.2) is 5.75 Å². The molecule has 1 aromatic carbocycles. The normalized spacial score (nSPS) is 12.6. The first kappa shape index (κ1) is 28.9. The van der Waals surface area contributed by atoms with E-state index in [0.717, 1.165) is 18.0 Å². The fraction of sp³-hybridized carbons (Fsp3) is 0.308. The summed E-state index contributed by atoms with van der Waals surface area (Å²) in [6.45, 7) is 6.01. The molecule has 0 atom stereocenters. The third-order valence-electron chi connectivity index (χ3n) is 5.30. The molecule has 7 nitrogen and oxygen atoms in total. The molecule has 0 unspecified atom stereocenters. The highest BCUT2D eigenvalue weighted by atomic mass is 32.2. The number of ether oxygens (including phenoxy) is 2. The topological polar surface area (TPSA) is 90.4 Å². The Hall–Kier alpha value is -3.67. The van der Waals surface area contributed by atoms with Gasteiger partial charge in [0.1, 0.15) is 11.6 Å². The summed E-state index contributed by atoms with van der Waals surface area (Å²) >= 11 is 0. The summed E-state index contributed by atoms with van der Waals surface area (Å²) in [6, 6.07) is 7.74. The van der Waals surface area contributed by atoms with Crippen LogP contribution in [0.3, 0.4) is 0 Å². The van der Waals surface area contributed by atoms with E-state index in [1.54, 1.807) is 18.2 Å². The molecule has 3 aromatic rings. The Morgan fingerprint density at radius 2 is 1.68 bits per heavy atom. The number of benzene rings is 1. The third-order valence-corrected chi connectivity index (χ3v) is 6.55. The van der Waals surface area contributed by atoms with Crippen molar-refractivity contribution < 1.29 is 35.5 Å². The predicted octanol–water partition coefficient (Wildman–Crippen LogP) is 6.07. The van der Waals surface area contributed by atoms with Gasteiger partial charge in [-0.05, 0) is 53.5 Å². The average molecular weight is 554 g/mol. The molecule has 0 saturated carbocycles. The first-order valence-corrected chi connectivity index (χ1v) is 12.9. The average Bonchev–Trinajstić information content (AvgIpc) is 2.80. The smallest absolute Gasteiger partial charge is 0.404 e. The van der Waals surface area contributed by atoms with E-state index >= 15 is 0 Å². The highest BCUT2D eigenvalue weighted by Crippen LogP contribution is 2.40. The second-order valence-electron chi connectivity index (χ2n) is 9.39. The molecule has 2 heterocycles. The van der Waals surface area contributed by atoms with Crippen molar-refractivity contribution in [1.82, 2.24) is 9.97 Å². The van der Waals surface area contributed by atoms with Crippen LogP contribution < -0.4 is 14.2 Å². The molecule has 0 radical (unpaired) electrons. The number of nitrogens with zero attached hydrogens (tertiary/aromatic N) is 2. The van der Waals surface area contributed by atoms with E-state index in [1.807, 2.05) is 31.6 Å². The lowest BCUT2D eigenvalue weighted by Gasteiger charge is -2.25. The maximum absolute atomic E-state index is 14.1. The van der Waals surface area contributed by atoms with Crippen LogP contribution in [0.2, 0.25) is 0 Å². The predicted molar refractivity (Wildman–Crippen MR) is 138 cm³/mol. The Bertz CT molecular complexity index is 1430. The highest BCUT2D eigenvalue weighted by Gasteiger charge is 2.35. The third kappa shape index (κ3) is 7.44. The number of nitrogens with one attached hydrogen (secondary N) is 1. The standard InChI is InChI=1S/C26H27F4N3O4S/c1-25(2,3)22-11-17(21-12-18(27)13-32-24(21)37-5)10-16(23(22)36-4)6-7-19-8-9-20(14-31-19)33-38(34,35)15-26(28,29)30/h6-14,33H,15H2,1-5H3. The summed E-state index contributed by atoms with van der Waals surface area (Å²) in [5.74, 6) is -1.70. The van der Waals surface area contributed by atoms with Crippen LogP contribution in [0.1, 0.15) is 37.6 Å². The molecular formula is C26H27F4N3O4S. The van der Waals surface area contributed by atoms with Crippen LogP contribution >= 0.6 is 0 Å². The molecule has 12 heteroatoms. The summed E-state index contributed by atoms with van der Waals surface area (Å²) in [5, 5.41) is 0. The molecule has 0 bridgehead atoms. The molecule has 1 N–H and O–H groups in total. The number of halogens is 4. The van der Waals surface area contributed by atoms with Crippen molar-refractivity contribution in [1.29, 1.82) is 0 Å². The molecule has 2 aromatic heterocycles. The Morgan fingerprint density at radius 3 is 2.24 bits per heavy atom. The minimum atomic E-state index is -4.87. The van der Waals surface area contributed by atoms with E-state index in [-0.39, 0.29) is 17.0 Å². The van der Waals surface area contributed by atoms with Gasteiger partial charge < -0.3 is 9.47 Å². The second kappa shape index (κ2) is 11.0. The number of anilines is 1. The lowest BCUT2D eigenvalue weighted by molar-refractivity contribution is -0.106. The van der Waals surface area contributed by atoms with Gasteiger partial charge in [-0.15, -0.1) is 0 Å². The van der Waals surface area contributed by atoms with Gasteiger partial charge in [0.05, 0.1) is 38.0 Å². The minimum absolute atomic E-state index is 0.105. The molecule has 0 amide bonds. The van der Waals surface area contributed by atoms with Gasteiger partial charge in [-0.3, -0.25) is 9.71 Å². The highest BCUT2D eigenvalue weighted by molar-refractivity contribution is 7.92. The lowest BCUT2D eigenvalue weighted by atomic mass is 9.83. The minimum Gasteiger partial charge on any atom is -0.496 e. The van der Waals surface area contributed by atoms with E-state index in [0.29, 0.717) is 28.1 Å². The van der Waals surface area contributed by atoms with Gasteiger partial charge in [-0.2, -0.15) is 13.2 Å². The van der Waals surface area contributed by atoms with Gasteiger partial charge >= 0.3 is 6.18 Å². The number of pyridine rings is 2. The van der Waals surface area contributed by atoms with E-state index in [4.69, 9.17) is 9.47 Å². The molecule has 38 heavy (non-hydrogen) atoms. The number of sulfonamides is 1. The molecular weight excluding hydrogens is 526 g/mol. The van der Waals surface area contributed by atoms with Crippen LogP contribution in [-0.4, -0.2) is 44.5 Å². The SMILES string of the molecule is COc1ncc(F)cc1-c1cc(C=Cc2ccc(NS(=O)(=O)CC(F)(F)F)cn2)c(OC)c(C(C)(C)C)c1. The molecule has 0 aliphatic rings. The number of methoxy groups -OCH3 is 2. The van der Waals surface area contributed by atoms with Crippen molar-refractivity contribution in [3.63, 3.8) is 0 Å². The Labute approximate surface area is 218 Å². The zero-order chi connectivity index (χ0) is 28.3. The fourth-order valence-electron chi connectivity index (χ4n) is 3.68. The summed E-state index contributed by atoms with van der Waals surface area (Å²) < 4.78 is 87.7. The monoisotopic (exact) mass is 553 g/mol. The van der Waals surface area contributed by atoms with Gasteiger partial charge in [0, 0.05) is 16.7 Å². The number of alkyl halides is 3. The lowest BCUT2D eigenvalue weighted by Crippen LogP contribution is -2.27. The summed E-state index contributed by atoms with van der Waals surface area (Å²) in [6.07, 6.45) is 0.657. The number of hydrogen-bond donors (Lipinski definition) is 1. The molecule has 0 saturated heterocycles. The van der Waals surface area contributed by atoms with E-state index in [1.165, 1.54) is 32.4 Å². The fourth-order valence-corrected chi connectivity index (χ4v) is 4.67. The number of rotatable bonds is 8. The summed E-state index contributed by atoms with van der Waals surface area (Å²) in [5.41, 5.74) is 2.50. The van der Waals surface area contributed by atoms with E-state index < -0.39 is 27.8 Å². The Morgan fingerprint density at radius 1 is 0.974 bits per heavy atom. The van der Waals surface area contributed by atoms with Crippen LogP contribution in [0, 0.1) is 5.82 Å². The molecule has 0 fully saturated rings. The molecule has 0 aliphatic carbocycles. The maximum Gasteiger partial charge on any atom is 0.404 e. The largest absolute Gasteiger partial charge is 0.496 e. The molecule has 0 aliphatic heterocycles. The molecule has 0 spiro atoms. The van der Waals surface area contributed by atoms with Crippen LogP contribution in [0.4, 0.5) is 23.2 Å². The second-order valence-corrected chi connectivity index (χ2v) is 11.1. The van der Waals surface area contributed by atoms with Crippen LogP contribution in [-0.2, 0) is 15.4 Å². The Balaban J connectivity index is 2.01. The van der Waals surface area contributed by atoms with E-state index in [9.17, 15) is 26.0 Å². The first-order valence-electron chi connectivity index (χ1n) is 11.3. The Kier molecular flexibility index (Phi) is 8.35. The van der Waals surface area contributed by atoms with Gasteiger partial charge in [-0.1, -0.05) is 20.8 Å². The number of hydrogen-bond acceptors (Lipinski definition) is 6. The zero-order valence-corrected chi connectivity index (χ0v) is 22.2. The molecule has 204 valence electrons. The van der Waals surface area contributed by atoms with Crippen molar-refractivity contribution in [2.45, 2.75) is 32.4 Å². The number of aromatic nitrogens is 2. The van der Waals surface area contributed by atoms with Gasteiger partial charge in [0.2, 0.25) is 15.9 Å². The van der Waals surface area contributed by atoms with Crippen molar-refractivity contribution in [2.24, 2.45) is 0 Å². The van der Waals surface area contributed by atoms with Gasteiger partial charge in [-0.25, -0.2) is 17.8 Å². The maximum atomic E-state index is 14.1. The van der Waals surface area contributed by atoms with Crippen molar-refractivity contribution in [3.8, 4) is 22.8 Å². The van der Waals surface area contributed by atoms with Crippen molar-refractivity contribution in [3.05, 3.63) is 65.4 Å². The van der Waals surface area contributed by atoms with E-state index in [2.05, 4.69) is 9.97 Å². The van der Waals surface area contributed by atoms with Crippen molar-refractivity contribution >= 4 is 27.9 Å². The summed E-state index contributed by atoms with van der Waals surface area (Å²) in [4.78, 5) is 8.12. The van der Waals surface area contributed by atoms with Crippen LogP contribution in [0.15, 0.2) is 42.7 Å². The van der Waals surface area contributed by atoms with Crippen LogP contribution in [0.25, 0.3) is 23.3 Å². The zero-order valence-electron chi connectivity index (χ0n) is 21.4. The summed E-state index contributed by atoms with van der Waals surface area (Å²) in [7, 11) is -1.64. The molecule has 3 rings (SSSR count). The van der Waals surface area contributed by atoms with Crippen molar-refractivity contribution in [2.75, 3.05) is 24.7 Å². The first-order chi connectivity index (χ1) is 17.6.